The van der Waals surface area contributed by atoms with Gasteiger partial charge in [-0.05, 0) is 101 Å². The number of nitrogens with zero attached hydrogens (tertiary/aromatic N) is 1. The molecule has 1 nitrogen and oxygen atoms in total. The molecule has 2 bridgehead atoms. The van der Waals surface area contributed by atoms with Gasteiger partial charge < -0.3 is 4.57 Å². The summed E-state index contributed by atoms with van der Waals surface area (Å²) in [4.78, 5) is 0. The minimum Gasteiger partial charge on any atom is -0.319 e. The Kier molecular flexibility index (Phi) is 6.76. The highest BCUT2D eigenvalue weighted by Crippen LogP contribution is 2.60. The molecule has 0 saturated heterocycles. The Morgan fingerprint density at radius 1 is 0.891 bits per heavy atom. The zero-order valence-corrected chi connectivity index (χ0v) is 27.0. The van der Waals surface area contributed by atoms with Crippen molar-refractivity contribution in [2.24, 2.45) is 5.92 Å². The van der Waals surface area contributed by atoms with Crippen molar-refractivity contribution in [2.75, 3.05) is 0 Å². The summed E-state index contributed by atoms with van der Waals surface area (Å²) in [5.41, 5.74) is 15.2. The summed E-state index contributed by atoms with van der Waals surface area (Å²) >= 11 is 0. The second kappa shape index (κ2) is 10.9. The first kappa shape index (κ1) is 28.6. The summed E-state index contributed by atoms with van der Waals surface area (Å²) in [7, 11) is 0. The molecule has 1 heteroatoms. The van der Waals surface area contributed by atoms with Crippen molar-refractivity contribution < 1.29 is 0 Å². The van der Waals surface area contributed by atoms with Gasteiger partial charge in [0.05, 0.1) is 5.52 Å². The second-order valence-corrected chi connectivity index (χ2v) is 13.4. The van der Waals surface area contributed by atoms with Crippen molar-refractivity contribution in [3.63, 3.8) is 0 Å². The van der Waals surface area contributed by atoms with Crippen LogP contribution in [0.25, 0.3) is 40.4 Å². The van der Waals surface area contributed by atoms with Gasteiger partial charge in [0.1, 0.15) is 0 Å². The van der Waals surface area contributed by atoms with Gasteiger partial charge in [-0.1, -0.05) is 128 Å². The number of aromatic nitrogens is 1. The van der Waals surface area contributed by atoms with E-state index in [1.54, 1.807) is 0 Å². The van der Waals surface area contributed by atoms with E-state index in [1.807, 2.05) is 0 Å². The first-order chi connectivity index (χ1) is 22.5. The molecule has 1 spiro atoms. The van der Waals surface area contributed by atoms with Gasteiger partial charge in [0.15, 0.2) is 0 Å². The molecule has 3 atom stereocenters. The number of hydrogen-bond acceptors (Lipinski definition) is 0. The zero-order chi connectivity index (χ0) is 31.6. The van der Waals surface area contributed by atoms with Crippen LogP contribution < -0.4 is 5.22 Å². The summed E-state index contributed by atoms with van der Waals surface area (Å²) in [6.07, 6.45) is 18.3. The predicted octanol–water partition coefficient (Wildman–Crippen LogP) is 10.9. The molecule has 4 aliphatic rings. The van der Waals surface area contributed by atoms with Gasteiger partial charge >= 0.3 is 0 Å². The fraction of sp³-hybridized carbons (Fsp3) is 0.200. The first-order valence-electron chi connectivity index (χ1n) is 16.8. The molecule has 226 valence electrons. The van der Waals surface area contributed by atoms with Crippen LogP contribution in [0, 0.1) is 12.8 Å². The van der Waals surface area contributed by atoms with Gasteiger partial charge in [-0.15, -0.1) is 0 Å². The lowest BCUT2D eigenvalue weighted by molar-refractivity contribution is 0.443. The minimum absolute atomic E-state index is 0.0888. The average molecular weight is 596 g/mol. The van der Waals surface area contributed by atoms with E-state index in [2.05, 4.69) is 147 Å². The lowest BCUT2D eigenvalue weighted by Gasteiger charge is -2.39. The Morgan fingerprint density at radius 2 is 1.70 bits per heavy atom. The molecule has 1 aromatic heterocycles. The van der Waals surface area contributed by atoms with Crippen molar-refractivity contribution in [1.82, 2.24) is 4.57 Å². The third-order valence-corrected chi connectivity index (χ3v) is 11.0. The molecule has 0 saturated carbocycles. The Balaban J connectivity index is 1.57. The van der Waals surface area contributed by atoms with E-state index >= 15 is 0 Å². The van der Waals surface area contributed by atoms with Crippen LogP contribution in [-0.4, -0.2) is 4.57 Å². The highest BCUT2D eigenvalue weighted by molar-refractivity contribution is 5.89. The van der Waals surface area contributed by atoms with Crippen LogP contribution in [0.2, 0.25) is 0 Å². The molecule has 0 radical (unpaired) electrons. The molecule has 1 aliphatic heterocycles. The highest BCUT2D eigenvalue weighted by Gasteiger charge is 2.50. The van der Waals surface area contributed by atoms with Crippen LogP contribution in [0.4, 0.5) is 0 Å². The molecule has 3 unspecified atom stereocenters. The predicted molar refractivity (Wildman–Crippen MR) is 198 cm³/mol. The van der Waals surface area contributed by atoms with Crippen molar-refractivity contribution in [3.05, 3.63) is 172 Å². The van der Waals surface area contributed by atoms with Crippen molar-refractivity contribution in [2.45, 2.75) is 50.9 Å². The van der Waals surface area contributed by atoms with E-state index in [0.717, 1.165) is 35.4 Å². The SMILES string of the molecule is C=CC1=C(/C=C\C)c2cccc3cccc(c3=C)n3c2C1CC(=C)c1ccc(C)cc1C1(C=C3)c2ccccc2C2=CCCCC21. The minimum atomic E-state index is -0.334. The van der Waals surface area contributed by atoms with Crippen molar-refractivity contribution in [1.29, 1.82) is 0 Å². The molecule has 8 rings (SSSR count). The van der Waals surface area contributed by atoms with Crippen LogP contribution in [-0.2, 0) is 5.41 Å². The average Bonchev–Trinajstić information content (AvgIpc) is 3.52. The fourth-order valence-electron chi connectivity index (χ4n) is 9.03. The van der Waals surface area contributed by atoms with E-state index in [4.69, 9.17) is 6.58 Å². The molecule has 2 heterocycles. The van der Waals surface area contributed by atoms with Crippen LogP contribution in [0.5, 0.6) is 0 Å². The van der Waals surface area contributed by atoms with Crippen LogP contribution >= 0.6 is 0 Å². The maximum absolute atomic E-state index is 4.88. The Morgan fingerprint density at radius 3 is 2.52 bits per heavy atom. The molecule has 3 aliphatic carbocycles. The molecular formula is C45H41N. The molecule has 3 aromatic carbocycles. The maximum Gasteiger partial charge on any atom is 0.0525 e. The first-order valence-corrected chi connectivity index (χ1v) is 16.8. The number of hydrogen-bond donors (Lipinski definition) is 0. The van der Waals surface area contributed by atoms with Crippen LogP contribution in [0.3, 0.4) is 0 Å². The van der Waals surface area contributed by atoms with Crippen molar-refractivity contribution in [3.8, 4) is 0 Å². The quantitative estimate of drug-likeness (QED) is 0.217. The van der Waals surface area contributed by atoms with Gasteiger partial charge in [0.2, 0.25) is 0 Å². The number of benzene rings is 3. The standard InChI is InChI=1S/C45H41N/c1-6-14-35-33(7-2)39-28-30(4)34-24-23-29(3)27-42(34)45(40-20-10-8-17-36(40)37-18-9-11-21-41(37)45)25-26-46-43-22-13-16-32(31(43)5)15-12-19-38(35)44(39)46/h6-8,10,12-20,22-27,39,41H,2,4-5,9,11,21,28H2,1,3H3/b14-6-,19-12?,26-25?,32-15?. The van der Waals surface area contributed by atoms with Gasteiger partial charge in [0, 0.05) is 34.7 Å². The fourth-order valence-corrected chi connectivity index (χ4v) is 9.03. The van der Waals surface area contributed by atoms with Gasteiger partial charge in [-0.25, -0.2) is 0 Å². The number of fused-ring (bicyclic) bond motifs is 10. The van der Waals surface area contributed by atoms with E-state index in [1.165, 1.54) is 67.8 Å². The molecule has 0 amide bonds. The largest absolute Gasteiger partial charge is 0.319 e. The summed E-state index contributed by atoms with van der Waals surface area (Å²) in [5, 5.41) is 2.18. The lowest BCUT2D eigenvalue weighted by atomic mass is 9.64. The molecule has 0 N–H and O–H groups in total. The van der Waals surface area contributed by atoms with Gasteiger partial charge in [-0.3, -0.25) is 0 Å². The second-order valence-electron chi connectivity index (χ2n) is 13.4. The van der Waals surface area contributed by atoms with E-state index in [0.29, 0.717) is 5.92 Å². The van der Waals surface area contributed by atoms with Gasteiger partial charge in [-0.2, -0.15) is 0 Å². The number of aryl methyl sites for hydroxylation is 1. The topological polar surface area (TPSA) is 4.93 Å². The summed E-state index contributed by atoms with van der Waals surface area (Å²) in [6.45, 7) is 18.2. The number of rotatable bonds is 2. The normalized spacial score (nSPS) is 22.8. The summed E-state index contributed by atoms with van der Waals surface area (Å²) in [6, 6.07) is 29.5. The molecule has 0 fully saturated rings. The molecular weight excluding hydrogens is 555 g/mol. The Bertz CT molecular complexity index is 2190. The number of allylic oxidation sites excluding steroid dienone is 9. The Hall–Kier alpha value is -4.88. The summed E-state index contributed by atoms with van der Waals surface area (Å²) in [5.74, 6) is 0.443. The monoisotopic (exact) mass is 595 g/mol. The zero-order valence-electron chi connectivity index (χ0n) is 27.0. The van der Waals surface area contributed by atoms with E-state index < -0.39 is 0 Å². The third kappa shape index (κ3) is 4.01. The summed E-state index contributed by atoms with van der Waals surface area (Å²) < 4.78 is 2.47. The van der Waals surface area contributed by atoms with E-state index in [9.17, 15) is 0 Å². The third-order valence-electron chi connectivity index (χ3n) is 11.0. The maximum atomic E-state index is 4.88. The van der Waals surface area contributed by atoms with Gasteiger partial charge in [0.25, 0.3) is 0 Å². The smallest absolute Gasteiger partial charge is 0.0525 e. The van der Waals surface area contributed by atoms with Crippen LogP contribution in [0.1, 0.15) is 77.6 Å². The lowest BCUT2D eigenvalue weighted by Crippen LogP contribution is -2.33. The molecule has 4 aromatic rings. The van der Waals surface area contributed by atoms with Crippen LogP contribution in [0.15, 0.2) is 128 Å². The molecule has 46 heavy (non-hydrogen) atoms. The Labute approximate surface area is 273 Å². The van der Waals surface area contributed by atoms with E-state index in [-0.39, 0.29) is 11.3 Å². The highest BCUT2D eigenvalue weighted by atomic mass is 15.0. The van der Waals surface area contributed by atoms with Crippen molar-refractivity contribution >= 4 is 40.4 Å².